The molecule has 0 radical (unpaired) electrons. The van der Waals surface area contributed by atoms with Gasteiger partial charge in [0, 0.05) is 12.1 Å². The maximum atomic E-state index is 12.5. The lowest BCUT2D eigenvalue weighted by atomic mass is 9.99. The van der Waals surface area contributed by atoms with Crippen LogP contribution in [0.2, 0.25) is 0 Å². The van der Waals surface area contributed by atoms with Crippen molar-refractivity contribution in [2.45, 2.75) is 53.0 Å². The van der Waals surface area contributed by atoms with Gasteiger partial charge in [0.15, 0.2) is 0 Å². The van der Waals surface area contributed by atoms with Gasteiger partial charge >= 0.3 is 0 Å². The second-order valence-corrected chi connectivity index (χ2v) is 9.90. The predicted octanol–water partition coefficient (Wildman–Crippen LogP) is 5.00. The Morgan fingerprint density at radius 1 is 1.06 bits per heavy atom. The first-order chi connectivity index (χ1) is 15.3. The van der Waals surface area contributed by atoms with Crippen molar-refractivity contribution in [3.63, 3.8) is 0 Å². The molecule has 0 aromatic heterocycles. The zero-order chi connectivity index (χ0) is 23.6. The molecule has 0 aliphatic rings. The Balaban J connectivity index is 2.11. The summed E-state index contributed by atoms with van der Waals surface area (Å²) in [6.07, 6.45) is 5.68. The van der Waals surface area contributed by atoms with Crippen LogP contribution in [0.25, 0.3) is 0 Å². The summed E-state index contributed by atoms with van der Waals surface area (Å²) in [6, 6.07) is 14.2. The normalized spacial score (nSPS) is 12.2. The number of nitrogens with zero attached hydrogens (tertiary/aromatic N) is 1. The van der Waals surface area contributed by atoms with Gasteiger partial charge in [0.1, 0.15) is 5.75 Å². The molecule has 0 aliphatic heterocycles. The Hall–Kier alpha value is -2.54. The minimum absolute atomic E-state index is 0.104. The molecule has 2 rings (SSSR count). The fourth-order valence-corrected chi connectivity index (χ4v) is 4.42. The molecule has 1 N–H and O–H groups in total. The number of benzene rings is 2. The van der Waals surface area contributed by atoms with E-state index in [0.717, 1.165) is 24.8 Å². The van der Waals surface area contributed by atoms with Crippen molar-refractivity contribution in [2.24, 2.45) is 5.92 Å². The summed E-state index contributed by atoms with van der Waals surface area (Å²) in [5.41, 5.74) is 1.85. The number of rotatable bonds is 13. The SMILES string of the molecule is CCCC[C@H](CC)CNC(=O)c1ccc(CN(c2ccccc2OCC)S(C)(=O)=O)cc1. The van der Waals surface area contributed by atoms with E-state index in [2.05, 4.69) is 19.2 Å². The van der Waals surface area contributed by atoms with E-state index in [4.69, 9.17) is 4.74 Å². The molecule has 1 amide bonds. The van der Waals surface area contributed by atoms with Crippen molar-refractivity contribution in [1.82, 2.24) is 5.32 Å². The molecule has 2 aromatic rings. The van der Waals surface area contributed by atoms with Crippen molar-refractivity contribution >= 4 is 21.6 Å². The van der Waals surface area contributed by atoms with E-state index in [-0.39, 0.29) is 12.5 Å². The van der Waals surface area contributed by atoms with Crippen LogP contribution in [-0.4, -0.2) is 33.7 Å². The first kappa shape index (κ1) is 25.7. The van der Waals surface area contributed by atoms with Gasteiger partial charge < -0.3 is 10.1 Å². The summed E-state index contributed by atoms with van der Waals surface area (Å²) in [7, 11) is -3.54. The smallest absolute Gasteiger partial charge is 0.251 e. The van der Waals surface area contributed by atoms with Crippen LogP contribution in [-0.2, 0) is 16.6 Å². The summed E-state index contributed by atoms with van der Waals surface area (Å²) >= 11 is 0. The van der Waals surface area contributed by atoms with Gasteiger partial charge in [-0.25, -0.2) is 8.42 Å². The second-order valence-electron chi connectivity index (χ2n) is 7.99. The Labute approximate surface area is 193 Å². The summed E-state index contributed by atoms with van der Waals surface area (Å²) in [4.78, 5) is 12.5. The monoisotopic (exact) mass is 460 g/mol. The number of para-hydroxylation sites is 2. The van der Waals surface area contributed by atoms with E-state index in [9.17, 15) is 13.2 Å². The molecule has 0 unspecified atom stereocenters. The highest BCUT2D eigenvalue weighted by molar-refractivity contribution is 7.92. The quantitative estimate of drug-likeness (QED) is 0.456. The maximum Gasteiger partial charge on any atom is 0.251 e. The molecule has 0 saturated carbocycles. The summed E-state index contributed by atoms with van der Waals surface area (Å²) in [6.45, 7) is 7.45. The third kappa shape index (κ3) is 7.55. The molecule has 2 aromatic carbocycles. The fraction of sp³-hybridized carbons (Fsp3) is 0.480. The lowest BCUT2D eigenvalue weighted by molar-refractivity contribution is 0.0946. The van der Waals surface area contributed by atoms with E-state index >= 15 is 0 Å². The molecule has 176 valence electrons. The Kier molecular flexibility index (Phi) is 10.0. The molecule has 0 heterocycles. The standard InChI is InChI=1S/C25H36N2O4S/c1-5-8-11-20(6-2)18-26-25(28)22-16-14-21(15-17-22)19-27(32(4,29)30)23-12-9-10-13-24(23)31-7-3/h9-10,12-17,20H,5-8,11,18-19H2,1-4H3,(H,26,28)/t20-/m0/s1. The molecule has 0 aliphatic carbocycles. The molecule has 1 atom stereocenters. The number of carbonyl (C=O) groups is 1. The summed E-state index contributed by atoms with van der Waals surface area (Å²) < 4.78 is 32.0. The van der Waals surface area contributed by atoms with Crippen LogP contribution in [0.15, 0.2) is 48.5 Å². The minimum Gasteiger partial charge on any atom is -0.492 e. The van der Waals surface area contributed by atoms with Crippen LogP contribution in [0.1, 0.15) is 62.4 Å². The van der Waals surface area contributed by atoms with E-state index in [1.165, 1.54) is 17.0 Å². The number of hydrogen-bond donors (Lipinski definition) is 1. The van der Waals surface area contributed by atoms with Crippen LogP contribution >= 0.6 is 0 Å². The van der Waals surface area contributed by atoms with E-state index in [1.807, 2.05) is 13.0 Å². The minimum atomic E-state index is -3.54. The molecular weight excluding hydrogens is 424 g/mol. The van der Waals surface area contributed by atoms with Gasteiger partial charge in [0.05, 0.1) is 25.1 Å². The first-order valence-corrected chi connectivity index (χ1v) is 13.2. The van der Waals surface area contributed by atoms with Gasteiger partial charge in [0.2, 0.25) is 10.0 Å². The molecule has 0 spiro atoms. The van der Waals surface area contributed by atoms with Crippen molar-refractivity contribution in [3.8, 4) is 5.75 Å². The highest BCUT2D eigenvalue weighted by atomic mass is 32.2. The molecule has 0 fully saturated rings. The van der Waals surface area contributed by atoms with E-state index < -0.39 is 10.0 Å². The molecular formula is C25H36N2O4S. The number of ether oxygens (including phenoxy) is 1. The third-order valence-electron chi connectivity index (χ3n) is 5.47. The van der Waals surface area contributed by atoms with Gasteiger partial charge in [-0.15, -0.1) is 0 Å². The van der Waals surface area contributed by atoms with Crippen molar-refractivity contribution in [2.75, 3.05) is 23.7 Å². The number of sulfonamides is 1. The number of nitrogens with one attached hydrogen (secondary N) is 1. The average Bonchev–Trinajstić information content (AvgIpc) is 2.78. The van der Waals surface area contributed by atoms with E-state index in [0.29, 0.717) is 36.1 Å². The summed E-state index contributed by atoms with van der Waals surface area (Å²) in [5.74, 6) is 0.907. The van der Waals surface area contributed by atoms with Gasteiger partial charge in [0.25, 0.3) is 5.91 Å². The second kappa shape index (κ2) is 12.5. The number of unbranched alkanes of at least 4 members (excludes halogenated alkanes) is 1. The van der Waals surface area contributed by atoms with Crippen molar-refractivity contribution < 1.29 is 17.9 Å². The maximum absolute atomic E-state index is 12.5. The molecule has 0 saturated heterocycles. The lowest BCUT2D eigenvalue weighted by Crippen LogP contribution is -2.30. The van der Waals surface area contributed by atoms with Gasteiger partial charge in [-0.3, -0.25) is 9.10 Å². The Morgan fingerprint density at radius 3 is 2.34 bits per heavy atom. The van der Waals surface area contributed by atoms with Crippen LogP contribution in [0.4, 0.5) is 5.69 Å². The highest BCUT2D eigenvalue weighted by Crippen LogP contribution is 2.31. The molecule has 7 heteroatoms. The predicted molar refractivity (Wildman–Crippen MR) is 131 cm³/mol. The number of amides is 1. The highest BCUT2D eigenvalue weighted by Gasteiger charge is 2.21. The average molecular weight is 461 g/mol. The number of hydrogen-bond acceptors (Lipinski definition) is 4. The number of carbonyl (C=O) groups excluding carboxylic acids is 1. The largest absolute Gasteiger partial charge is 0.492 e. The molecule has 0 bridgehead atoms. The van der Waals surface area contributed by atoms with Gasteiger partial charge in [-0.1, -0.05) is 57.4 Å². The third-order valence-corrected chi connectivity index (χ3v) is 6.60. The van der Waals surface area contributed by atoms with Gasteiger partial charge in [-0.2, -0.15) is 0 Å². The topological polar surface area (TPSA) is 75.7 Å². The fourth-order valence-electron chi connectivity index (χ4n) is 3.53. The summed E-state index contributed by atoms with van der Waals surface area (Å²) in [5, 5.41) is 3.03. The van der Waals surface area contributed by atoms with Gasteiger partial charge in [-0.05, 0) is 49.1 Å². The van der Waals surface area contributed by atoms with Crippen LogP contribution < -0.4 is 14.4 Å². The van der Waals surface area contributed by atoms with Crippen LogP contribution in [0.3, 0.4) is 0 Å². The Morgan fingerprint density at radius 2 is 1.75 bits per heavy atom. The lowest BCUT2D eigenvalue weighted by Gasteiger charge is -2.24. The van der Waals surface area contributed by atoms with Crippen LogP contribution in [0.5, 0.6) is 5.75 Å². The van der Waals surface area contributed by atoms with Crippen molar-refractivity contribution in [3.05, 3.63) is 59.7 Å². The molecule has 32 heavy (non-hydrogen) atoms. The Bertz CT molecular complexity index is 958. The van der Waals surface area contributed by atoms with Crippen LogP contribution in [0, 0.1) is 5.92 Å². The van der Waals surface area contributed by atoms with Crippen molar-refractivity contribution in [1.29, 1.82) is 0 Å². The molecule has 6 nitrogen and oxygen atoms in total. The zero-order valence-corrected chi connectivity index (χ0v) is 20.5. The zero-order valence-electron chi connectivity index (χ0n) is 19.6. The van der Waals surface area contributed by atoms with E-state index in [1.54, 1.807) is 42.5 Å². The first-order valence-electron chi connectivity index (χ1n) is 11.4. The number of anilines is 1.